The summed E-state index contributed by atoms with van der Waals surface area (Å²) in [4.78, 5) is 30.7. The Bertz CT molecular complexity index is 1140. The molecule has 4 nitrogen and oxygen atoms in total. The molecule has 1 aliphatic heterocycles. The van der Waals surface area contributed by atoms with E-state index >= 15 is 0 Å². The number of rotatable bonds is 6. The van der Waals surface area contributed by atoms with Crippen molar-refractivity contribution in [2.24, 2.45) is 0 Å². The summed E-state index contributed by atoms with van der Waals surface area (Å²) in [6.45, 7) is 4.16. The molecule has 1 unspecified atom stereocenters. The van der Waals surface area contributed by atoms with Crippen LogP contribution in [-0.2, 0) is 11.2 Å². The molecule has 2 amide bonds. The monoisotopic (exact) mass is 452 g/mol. The number of fused-ring (bicyclic) bond motifs is 1. The second-order valence-corrected chi connectivity index (χ2v) is 8.58. The van der Waals surface area contributed by atoms with Crippen molar-refractivity contribution in [1.82, 2.24) is 9.80 Å². The number of thiophene rings is 1. The number of hydrogen-bond acceptors (Lipinski definition) is 3. The zero-order valence-corrected chi connectivity index (χ0v) is 18.2. The van der Waals surface area contributed by atoms with Crippen LogP contribution >= 0.6 is 11.3 Å². The molecule has 0 spiro atoms. The van der Waals surface area contributed by atoms with Gasteiger partial charge >= 0.3 is 0 Å². The van der Waals surface area contributed by atoms with Crippen molar-refractivity contribution in [2.75, 3.05) is 19.6 Å². The minimum atomic E-state index is -0.516. The van der Waals surface area contributed by atoms with E-state index in [-0.39, 0.29) is 36.4 Å². The highest BCUT2D eigenvalue weighted by atomic mass is 32.1. The first-order chi connectivity index (χ1) is 15.5. The van der Waals surface area contributed by atoms with Gasteiger partial charge in [0, 0.05) is 23.5 Å². The molecule has 7 heteroatoms. The Hall–Kier alpha value is -3.32. The summed E-state index contributed by atoms with van der Waals surface area (Å²) < 4.78 is 27.1. The van der Waals surface area contributed by atoms with Crippen LogP contribution in [0.3, 0.4) is 0 Å². The normalized spacial score (nSPS) is 15.2. The van der Waals surface area contributed by atoms with Gasteiger partial charge in [-0.25, -0.2) is 8.78 Å². The zero-order valence-electron chi connectivity index (χ0n) is 17.3. The van der Waals surface area contributed by atoms with Crippen molar-refractivity contribution in [3.63, 3.8) is 0 Å². The van der Waals surface area contributed by atoms with Gasteiger partial charge in [0.25, 0.3) is 5.91 Å². The van der Waals surface area contributed by atoms with Gasteiger partial charge in [-0.05, 0) is 59.3 Å². The summed E-state index contributed by atoms with van der Waals surface area (Å²) in [7, 11) is 0. The maximum atomic E-state index is 13.6. The molecule has 0 radical (unpaired) electrons. The van der Waals surface area contributed by atoms with Gasteiger partial charge < -0.3 is 9.80 Å². The average Bonchev–Trinajstić information content (AvgIpc) is 3.27. The topological polar surface area (TPSA) is 40.6 Å². The smallest absolute Gasteiger partial charge is 0.254 e. The van der Waals surface area contributed by atoms with E-state index in [0.717, 1.165) is 23.6 Å². The number of benzene rings is 2. The molecule has 0 N–H and O–H groups in total. The van der Waals surface area contributed by atoms with Crippen molar-refractivity contribution < 1.29 is 18.4 Å². The van der Waals surface area contributed by atoms with Gasteiger partial charge in [-0.15, -0.1) is 17.9 Å². The molecule has 1 aliphatic rings. The van der Waals surface area contributed by atoms with Gasteiger partial charge in [-0.1, -0.05) is 24.3 Å². The highest BCUT2D eigenvalue weighted by molar-refractivity contribution is 7.10. The van der Waals surface area contributed by atoms with Crippen LogP contribution in [0.4, 0.5) is 8.78 Å². The standard InChI is InChI=1S/C25H22F2N2O2S/c1-2-12-28(25(31)18-4-3-5-20(27)15-18)16-23(30)29-13-10-22-21(11-14-32-22)24(29)17-6-8-19(26)9-7-17/h2-9,11,14-15,24H,1,10,12-13,16H2. The first-order valence-corrected chi connectivity index (χ1v) is 11.1. The Balaban J connectivity index is 1.61. The number of halogens is 2. The minimum Gasteiger partial charge on any atom is -0.330 e. The largest absolute Gasteiger partial charge is 0.330 e. The Morgan fingerprint density at radius 1 is 1.12 bits per heavy atom. The van der Waals surface area contributed by atoms with E-state index in [1.807, 2.05) is 11.4 Å². The third kappa shape index (κ3) is 4.48. The first-order valence-electron chi connectivity index (χ1n) is 10.2. The van der Waals surface area contributed by atoms with Crippen LogP contribution in [0.1, 0.15) is 32.4 Å². The molecule has 1 aromatic heterocycles. The van der Waals surface area contributed by atoms with Gasteiger partial charge in [-0.2, -0.15) is 0 Å². The fourth-order valence-electron chi connectivity index (χ4n) is 4.02. The van der Waals surface area contributed by atoms with Crippen molar-refractivity contribution >= 4 is 23.2 Å². The Kier molecular flexibility index (Phi) is 6.46. The fraction of sp³-hybridized carbons (Fsp3) is 0.200. The number of amides is 2. The summed E-state index contributed by atoms with van der Waals surface area (Å²) in [5, 5.41) is 1.99. The summed E-state index contributed by atoms with van der Waals surface area (Å²) in [5.41, 5.74) is 2.01. The van der Waals surface area contributed by atoms with E-state index in [2.05, 4.69) is 6.58 Å². The van der Waals surface area contributed by atoms with Gasteiger partial charge in [0.05, 0.1) is 6.04 Å². The van der Waals surface area contributed by atoms with Crippen molar-refractivity contribution in [2.45, 2.75) is 12.5 Å². The van der Waals surface area contributed by atoms with E-state index in [9.17, 15) is 18.4 Å². The van der Waals surface area contributed by atoms with Crippen LogP contribution < -0.4 is 0 Å². The van der Waals surface area contributed by atoms with E-state index in [1.54, 1.807) is 28.4 Å². The molecule has 32 heavy (non-hydrogen) atoms. The molecule has 0 fully saturated rings. The predicted molar refractivity (Wildman–Crippen MR) is 120 cm³/mol. The molecule has 164 valence electrons. The second-order valence-electron chi connectivity index (χ2n) is 7.58. The van der Waals surface area contributed by atoms with Gasteiger partial charge in [0.15, 0.2) is 0 Å². The minimum absolute atomic E-state index is 0.153. The maximum absolute atomic E-state index is 13.6. The van der Waals surface area contributed by atoms with E-state index in [4.69, 9.17) is 0 Å². The Morgan fingerprint density at radius 2 is 1.91 bits per heavy atom. The number of carbonyl (C=O) groups is 2. The number of hydrogen-bond donors (Lipinski definition) is 0. The molecule has 0 saturated heterocycles. The Morgan fingerprint density at radius 3 is 2.62 bits per heavy atom. The lowest BCUT2D eigenvalue weighted by Gasteiger charge is -2.37. The molecule has 2 heterocycles. The van der Waals surface area contributed by atoms with Gasteiger partial charge in [0.2, 0.25) is 5.91 Å². The maximum Gasteiger partial charge on any atom is 0.254 e. The average molecular weight is 453 g/mol. The summed E-state index contributed by atoms with van der Waals surface area (Å²) >= 11 is 1.64. The molecule has 0 saturated carbocycles. The molecule has 0 aliphatic carbocycles. The number of carbonyl (C=O) groups excluding carboxylic acids is 2. The van der Waals surface area contributed by atoms with Crippen molar-refractivity contribution in [3.8, 4) is 0 Å². The van der Waals surface area contributed by atoms with E-state index in [0.29, 0.717) is 6.54 Å². The molecule has 0 bridgehead atoms. The van der Waals surface area contributed by atoms with Crippen LogP contribution in [0.2, 0.25) is 0 Å². The fourth-order valence-corrected chi connectivity index (χ4v) is 4.93. The van der Waals surface area contributed by atoms with Gasteiger partial charge in [0.1, 0.15) is 18.2 Å². The molecular formula is C25H22F2N2O2S. The second kappa shape index (κ2) is 9.44. The van der Waals surface area contributed by atoms with Crippen LogP contribution in [0, 0.1) is 11.6 Å². The van der Waals surface area contributed by atoms with Crippen LogP contribution in [-0.4, -0.2) is 41.2 Å². The Labute approximate surface area is 189 Å². The quantitative estimate of drug-likeness (QED) is 0.503. The van der Waals surface area contributed by atoms with Crippen molar-refractivity contribution in [3.05, 3.63) is 106 Å². The third-order valence-electron chi connectivity index (χ3n) is 5.51. The summed E-state index contributed by atoms with van der Waals surface area (Å²) in [6, 6.07) is 13.2. The molecule has 4 rings (SSSR count). The van der Waals surface area contributed by atoms with E-state index < -0.39 is 11.7 Å². The van der Waals surface area contributed by atoms with Crippen LogP contribution in [0.25, 0.3) is 0 Å². The van der Waals surface area contributed by atoms with Gasteiger partial charge in [-0.3, -0.25) is 9.59 Å². The van der Waals surface area contributed by atoms with Crippen LogP contribution in [0.15, 0.2) is 72.6 Å². The third-order valence-corrected chi connectivity index (χ3v) is 6.50. The molecular weight excluding hydrogens is 430 g/mol. The highest BCUT2D eigenvalue weighted by Gasteiger charge is 2.34. The van der Waals surface area contributed by atoms with Crippen molar-refractivity contribution in [1.29, 1.82) is 0 Å². The predicted octanol–water partition coefficient (Wildman–Crippen LogP) is 4.83. The lowest BCUT2D eigenvalue weighted by Crippen LogP contribution is -2.46. The lowest BCUT2D eigenvalue weighted by atomic mass is 9.93. The molecule has 3 aromatic rings. The molecule has 2 aromatic carbocycles. The van der Waals surface area contributed by atoms with Crippen LogP contribution in [0.5, 0.6) is 0 Å². The summed E-state index contributed by atoms with van der Waals surface area (Å²) in [6.07, 6.45) is 2.25. The zero-order chi connectivity index (χ0) is 22.7. The highest BCUT2D eigenvalue weighted by Crippen LogP contribution is 2.38. The molecule has 1 atom stereocenters. The number of nitrogens with zero attached hydrogens (tertiary/aromatic N) is 2. The lowest BCUT2D eigenvalue weighted by molar-refractivity contribution is -0.133. The SMILES string of the molecule is C=CCN(CC(=O)N1CCc2sccc2C1c1ccc(F)cc1)C(=O)c1cccc(F)c1. The van der Waals surface area contributed by atoms with E-state index in [1.165, 1.54) is 46.2 Å². The first kappa shape index (κ1) is 21.9. The summed E-state index contributed by atoms with van der Waals surface area (Å²) in [5.74, 6) is -1.53.